The number of nitrogens with one attached hydrogen (secondary N) is 1. The number of aryl methyl sites for hydroxylation is 2. The zero-order valence-electron chi connectivity index (χ0n) is 11.6. The minimum absolute atomic E-state index is 0.350. The molecule has 1 unspecified atom stereocenters. The van der Waals surface area contributed by atoms with Gasteiger partial charge in [-0.15, -0.1) is 11.3 Å². The van der Waals surface area contributed by atoms with Crippen molar-refractivity contribution in [1.29, 1.82) is 0 Å². The van der Waals surface area contributed by atoms with Gasteiger partial charge in [0.15, 0.2) is 0 Å². The predicted molar refractivity (Wildman–Crippen MR) is 84.8 cm³/mol. The third-order valence-corrected chi connectivity index (χ3v) is 5.01. The van der Waals surface area contributed by atoms with Gasteiger partial charge in [0.1, 0.15) is 0 Å². The zero-order chi connectivity index (χ0) is 13.8. The van der Waals surface area contributed by atoms with Crippen LogP contribution in [0.25, 0.3) is 0 Å². The monoisotopic (exact) mass is 341 g/mol. The average molecular weight is 342 g/mol. The smallest absolute Gasteiger partial charge is 0.0701 e. The number of nitrogens with zero attached hydrogens (tertiary/aromatic N) is 2. The van der Waals surface area contributed by atoms with Crippen LogP contribution in [0, 0.1) is 0 Å². The first kappa shape index (κ1) is 14.8. The molecule has 1 atom stereocenters. The van der Waals surface area contributed by atoms with Crippen molar-refractivity contribution in [3.8, 4) is 0 Å². The molecule has 5 heteroatoms. The molecule has 0 aliphatic rings. The molecule has 1 N–H and O–H groups in total. The molecule has 0 bridgehead atoms. The van der Waals surface area contributed by atoms with E-state index in [1.54, 1.807) is 11.3 Å². The van der Waals surface area contributed by atoms with E-state index in [0.717, 1.165) is 19.4 Å². The second-order valence-corrected chi connectivity index (χ2v) is 6.98. The standard InChI is InChI=1S/C14H20BrN3S/c1-4-10-8-11(18(5-2)17-10)9-12(16-3)13-6-7-14(15)19-13/h6-8,12,16H,4-5,9H2,1-3H3. The maximum absolute atomic E-state index is 4.62. The van der Waals surface area contributed by atoms with Gasteiger partial charge in [-0.2, -0.15) is 5.10 Å². The summed E-state index contributed by atoms with van der Waals surface area (Å²) in [6.07, 6.45) is 1.97. The van der Waals surface area contributed by atoms with Gasteiger partial charge >= 0.3 is 0 Å². The Bertz CT molecular complexity index is 533. The van der Waals surface area contributed by atoms with Crippen molar-refractivity contribution in [2.75, 3.05) is 7.05 Å². The summed E-state index contributed by atoms with van der Waals surface area (Å²) < 4.78 is 3.30. The highest BCUT2D eigenvalue weighted by Gasteiger charge is 2.15. The van der Waals surface area contributed by atoms with Crippen LogP contribution >= 0.6 is 27.3 Å². The van der Waals surface area contributed by atoms with Crippen LogP contribution in [0.5, 0.6) is 0 Å². The predicted octanol–water partition coefficient (Wildman–Crippen LogP) is 3.79. The number of hydrogen-bond donors (Lipinski definition) is 1. The van der Waals surface area contributed by atoms with Crippen molar-refractivity contribution in [3.63, 3.8) is 0 Å². The van der Waals surface area contributed by atoms with Gasteiger partial charge in [0.25, 0.3) is 0 Å². The molecule has 0 radical (unpaired) electrons. The molecule has 0 aliphatic heterocycles. The molecule has 0 saturated carbocycles. The van der Waals surface area contributed by atoms with E-state index >= 15 is 0 Å². The van der Waals surface area contributed by atoms with Gasteiger partial charge in [0.2, 0.25) is 0 Å². The highest BCUT2D eigenvalue weighted by Crippen LogP contribution is 2.29. The average Bonchev–Trinajstić information content (AvgIpc) is 3.01. The lowest BCUT2D eigenvalue weighted by molar-refractivity contribution is 0.546. The van der Waals surface area contributed by atoms with Crippen molar-refractivity contribution >= 4 is 27.3 Å². The molecule has 0 fully saturated rings. The highest BCUT2D eigenvalue weighted by molar-refractivity contribution is 9.11. The number of thiophene rings is 1. The quantitative estimate of drug-likeness (QED) is 0.866. The lowest BCUT2D eigenvalue weighted by Crippen LogP contribution is -2.19. The molecule has 0 aromatic carbocycles. The number of hydrogen-bond acceptors (Lipinski definition) is 3. The summed E-state index contributed by atoms with van der Waals surface area (Å²) in [6.45, 7) is 5.23. The maximum Gasteiger partial charge on any atom is 0.0701 e. The normalized spacial score (nSPS) is 12.8. The van der Waals surface area contributed by atoms with E-state index < -0.39 is 0 Å². The lowest BCUT2D eigenvalue weighted by Gasteiger charge is -2.15. The fraction of sp³-hybridized carbons (Fsp3) is 0.500. The molecule has 0 amide bonds. The van der Waals surface area contributed by atoms with Gasteiger partial charge in [0.05, 0.1) is 9.48 Å². The van der Waals surface area contributed by atoms with E-state index in [1.807, 2.05) is 7.05 Å². The van der Waals surface area contributed by atoms with Crippen LogP contribution in [0.1, 0.15) is 36.2 Å². The molecular formula is C14H20BrN3S. The number of rotatable bonds is 6. The first-order valence-corrected chi connectivity index (χ1v) is 8.27. The van der Waals surface area contributed by atoms with Crippen LogP contribution in [0.2, 0.25) is 0 Å². The number of aromatic nitrogens is 2. The molecule has 0 spiro atoms. The molecule has 0 aliphatic carbocycles. The zero-order valence-corrected chi connectivity index (χ0v) is 14.0. The van der Waals surface area contributed by atoms with Crippen LogP contribution in [0.3, 0.4) is 0 Å². The molecule has 104 valence electrons. The van der Waals surface area contributed by atoms with Crippen LogP contribution in [-0.4, -0.2) is 16.8 Å². The Hall–Kier alpha value is -0.650. The summed E-state index contributed by atoms with van der Waals surface area (Å²) in [5, 5.41) is 8.02. The summed E-state index contributed by atoms with van der Waals surface area (Å²) in [5.74, 6) is 0. The Kier molecular flexibility index (Phi) is 5.19. The molecule has 0 saturated heterocycles. The van der Waals surface area contributed by atoms with Crippen molar-refractivity contribution in [1.82, 2.24) is 15.1 Å². The first-order chi connectivity index (χ1) is 9.17. The minimum atomic E-state index is 0.350. The number of likely N-dealkylation sites (N-methyl/N-ethyl adjacent to an activating group) is 1. The lowest BCUT2D eigenvalue weighted by atomic mass is 10.1. The van der Waals surface area contributed by atoms with Crippen molar-refractivity contribution in [3.05, 3.63) is 38.3 Å². The van der Waals surface area contributed by atoms with Crippen LogP contribution in [0.4, 0.5) is 0 Å². The summed E-state index contributed by atoms with van der Waals surface area (Å²) >= 11 is 5.32. The van der Waals surface area contributed by atoms with E-state index in [4.69, 9.17) is 0 Å². The van der Waals surface area contributed by atoms with Gasteiger partial charge in [-0.25, -0.2) is 0 Å². The summed E-state index contributed by atoms with van der Waals surface area (Å²) in [6, 6.07) is 6.88. The number of halogens is 1. The van der Waals surface area contributed by atoms with Crippen molar-refractivity contribution in [2.45, 2.75) is 39.3 Å². The van der Waals surface area contributed by atoms with Crippen molar-refractivity contribution in [2.24, 2.45) is 0 Å². The topological polar surface area (TPSA) is 29.9 Å². The molecule has 19 heavy (non-hydrogen) atoms. The summed E-state index contributed by atoms with van der Waals surface area (Å²) in [7, 11) is 2.02. The first-order valence-electron chi connectivity index (χ1n) is 6.66. The fourth-order valence-corrected chi connectivity index (χ4v) is 3.73. The van der Waals surface area contributed by atoms with Crippen LogP contribution in [0.15, 0.2) is 22.0 Å². The highest BCUT2D eigenvalue weighted by atomic mass is 79.9. The minimum Gasteiger partial charge on any atom is -0.312 e. The molecule has 2 aromatic heterocycles. The van der Waals surface area contributed by atoms with Gasteiger partial charge in [-0.05, 0) is 54.5 Å². The largest absolute Gasteiger partial charge is 0.312 e. The fourth-order valence-electron chi connectivity index (χ4n) is 2.20. The van der Waals surface area contributed by atoms with Gasteiger partial charge in [-0.3, -0.25) is 4.68 Å². The molecule has 2 aromatic rings. The van der Waals surface area contributed by atoms with Crippen molar-refractivity contribution < 1.29 is 0 Å². The summed E-state index contributed by atoms with van der Waals surface area (Å²) in [4.78, 5) is 1.36. The Balaban J connectivity index is 2.20. The molecule has 2 heterocycles. The molecule has 2 rings (SSSR count). The van der Waals surface area contributed by atoms with E-state index in [-0.39, 0.29) is 0 Å². The Morgan fingerprint density at radius 3 is 2.74 bits per heavy atom. The second kappa shape index (κ2) is 6.68. The SMILES string of the molecule is CCc1cc(CC(NC)c2ccc(Br)s2)n(CC)n1. The Morgan fingerprint density at radius 2 is 2.21 bits per heavy atom. The molecule has 3 nitrogen and oxygen atoms in total. The van der Waals surface area contributed by atoms with Crippen LogP contribution in [-0.2, 0) is 19.4 Å². The third-order valence-electron chi connectivity index (χ3n) is 3.27. The van der Waals surface area contributed by atoms with Gasteiger partial charge < -0.3 is 5.32 Å². The Morgan fingerprint density at radius 1 is 1.42 bits per heavy atom. The van der Waals surface area contributed by atoms with Gasteiger partial charge in [-0.1, -0.05) is 6.92 Å². The van der Waals surface area contributed by atoms with E-state index in [0.29, 0.717) is 6.04 Å². The van der Waals surface area contributed by atoms with E-state index in [9.17, 15) is 0 Å². The van der Waals surface area contributed by atoms with E-state index in [2.05, 4.69) is 63.1 Å². The maximum atomic E-state index is 4.62. The van der Waals surface area contributed by atoms with Gasteiger partial charge in [0, 0.05) is 29.6 Å². The van der Waals surface area contributed by atoms with Crippen LogP contribution < -0.4 is 5.32 Å². The second-order valence-electron chi connectivity index (χ2n) is 4.48. The molecular weight excluding hydrogens is 322 g/mol. The summed E-state index contributed by atoms with van der Waals surface area (Å²) in [5.41, 5.74) is 2.49. The Labute approximate surface area is 127 Å². The third kappa shape index (κ3) is 3.46. The van der Waals surface area contributed by atoms with E-state index in [1.165, 1.54) is 20.1 Å².